The molecule has 1 saturated heterocycles. The van der Waals surface area contributed by atoms with Crippen LogP contribution in [0.15, 0.2) is 18.2 Å². The Labute approximate surface area is 107 Å². The smallest absolute Gasteiger partial charge is 0.321 e. The van der Waals surface area contributed by atoms with Crippen molar-refractivity contribution in [3.63, 3.8) is 0 Å². The van der Waals surface area contributed by atoms with Gasteiger partial charge < -0.3 is 10.2 Å². The second kappa shape index (κ2) is 5.38. The number of rotatable bonds is 1. The highest BCUT2D eigenvalue weighted by Gasteiger charge is 2.20. The second-order valence-electron chi connectivity index (χ2n) is 5.08. The lowest BCUT2D eigenvalue weighted by Gasteiger charge is -2.30. The molecular weight excluding hydrogens is 231 g/mol. The van der Waals surface area contributed by atoms with E-state index < -0.39 is 0 Å². The van der Waals surface area contributed by atoms with Gasteiger partial charge in [0.05, 0.1) is 5.69 Å². The van der Waals surface area contributed by atoms with Gasteiger partial charge in [-0.25, -0.2) is 9.18 Å². The maximum absolute atomic E-state index is 13.5. The summed E-state index contributed by atoms with van der Waals surface area (Å²) in [6.45, 7) is 5.56. The van der Waals surface area contributed by atoms with Crippen molar-refractivity contribution in [1.29, 1.82) is 0 Å². The van der Waals surface area contributed by atoms with Crippen molar-refractivity contribution in [3.05, 3.63) is 29.6 Å². The Morgan fingerprint density at radius 1 is 1.39 bits per heavy atom. The van der Waals surface area contributed by atoms with Crippen molar-refractivity contribution in [1.82, 2.24) is 4.90 Å². The zero-order valence-corrected chi connectivity index (χ0v) is 10.9. The van der Waals surface area contributed by atoms with Crippen LogP contribution in [0.4, 0.5) is 14.9 Å². The number of likely N-dealkylation sites (tertiary alicyclic amines) is 1. The Morgan fingerprint density at radius 3 is 2.72 bits per heavy atom. The van der Waals surface area contributed by atoms with Gasteiger partial charge in [0.15, 0.2) is 0 Å². The predicted molar refractivity (Wildman–Crippen MR) is 70.1 cm³/mol. The number of carbonyl (C=O) groups is 1. The van der Waals surface area contributed by atoms with E-state index in [2.05, 4.69) is 12.2 Å². The average Bonchev–Trinajstić information content (AvgIpc) is 2.34. The van der Waals surface area contributed by atoms with Crippen molar-refractivity contribution in [2.75, 3.05) is 18.4 Å². The van der Waals surface area contributed by atoms with Gasteiger partial charge in [0.25, 0.3) is 0 Å². The van der Waals surface area contributed by atoms with Crippen LogP contribution in [0.1, 0.15) is 25.3 Å². The number of nitrogens with one attached hydrogen (secondary N) is 1. The Kier molecular flexibility index (Phi) is 3.84. The number of hydrogen-bond acceptors (Lipinski definition) is 1. The van der Waals surface area contributed by atoms with Crippen LogP contribution in [0.2, 0.25) is 0 Å². The quantitative estimate of drug-likeness (QED) is 0.814. The molecule has 2 amide bonds. The molecule has 0 radical (unpaired) electrons. The van der Waals surface area contributed by atoms with Crippen LogP contribution in [0.25, 0.3) is 0 Å². The molecule has 18 heavy (non-hydrogen) atoms. The summed E-state index contributed by atoms with van der Waals surface area (Å²) in [5.41, 5.74) is 1.19. The summed E-state index contributed by atoms with van der Waals surface area (Å²) in [7, 11) is 0. The lowest BCUT2D eigenvalue weighted by Crippen LogP contribution is -2.40. The molecule has 4 heteroatoms. The molecule has 0 saturated carbocycles. The second-order valence-corrected chi connectivity index (χ2v) is 5.08. The average molecular weight is 250 g/mol. The van der Waals surface area contributed by atoms with Crippen molar-refractivity contribution in [3.8, 4) is 0 Å². The monoisotopic (exact) mass is 250 g/mol. The van der Waals surface area contributed by atoms with Crippen LogP contribution in [-0.4, -0.2) is 24.0 Å². The van der Waals surface area contributed by atoms with E-state index in [1.165, 1.54) is 6.07 Å². The standard InChI is InChI=1S/C14H19FN2O/c1-10-5-7-17(8-6-10)14(18)16-13-9-11(2)3-4-12(13)15/h3-4,9-10H,5-8H2,1-2H3,(H,16,18). The topological polar surface area (TPSA) is 32.3 Å². The third-order valence-electron chi connectivity index (χ3n) is 3.43. The molecule has 3 nitrogen and oxygen atoms in total. The number of halogens is 1. The number of urea groups is 1. The third kappa shape index (κ3) is 3.00. The van der Waals surface area contributed by atoms with Crippen molar-refractivity contribution < 1.29 is 9.18 Å². The summed E-state index contributed by atoms with van der Waals surface area (Å²) in [6.07, 6.45) is 2.04. The molecule has 0 spiro atoms. The van der Waals surface area contributed by atoms with E-state index in [1.54, 1.807) is 17.0 Å². The molecule has 1 aliphatic heterocycles. The Hall–Kier alpha value is -1.58. The number of piperidine rings is 1. The van der Waals surface area contributed by atoms with Crippen molar-refractivity contribution >= 4 is 11.7 Å². The highest BCUT2D eigenvalue weighted by Crippen LogP contribution is 2.19. The van der Waals surface area contributed by atoms with Crippen LogP contribution in [-0.2, 0) is 0 Å². The first-order chi connectivity index (χ1) is 8.56. The molecule has 0 atom stereocenters. The van der Waals surface area contributed by atoms with E-state index in [0.29, 0.717) is 5.92 Å². The Balaban J connectivity index is 2.00. The zero-order valence-electron chi connectivity index (χ0n) is 10.9. The largest absolute Gasteiger partial charge is 0.325 e. The van der Waals surface area contributed by atoms with Crippen molar-refractivity contribution in [2.45, 2.75) is 26.7 Å². The molecule has 1 aliphatic rings. The minimum absolute atomic E-state index is 0.202. The molecular formula is C14H19FN2O. The van der Waals surface area contributed by atoms with E-state index >= 15 is 0 Å². The summed E-state index contributed by atoms with van der Waals surface area (Å²) < 4.78 is 13.5. The first-order valence-corrected chi connectivity index (χ1v) is 6.38. The molecule has 0 bridgehead atoms. The van der Waals surface area contributed by atoms with E-state index in [-0.39, 0.29) is 17.5 Å². The zero-order chi connectivity index (χ0) is 13.1. The lowest BCUT2D eigenvalue weighted by molar-refractivity contribution is 0.186. The lowest BCUT2D eigenvalue weighted by atomic mass is 10.00. The van der Waals surface area contributed by atoms with E-state index in [0.717, 1.165) is 31.5 Å². The first kappa shape index (κ1) is 12.9. The number of benzene rings is 1. The van der Waals surface area contributed by atoms with Gasteiger partial charge in [0.2, 0.25) is 0 Å². The summed E-state index contributed by atoms with van der Waals surface area (Å²) in [5, 5.41) is 2.65. The molecule has 1 heterocycles. The van der Waals surface area contributed by atoms with Gasteiger partial charge in [0, 0.05) is 13.1 Å². The molecule has 1 N–H and O–H groups in total. The van der Waals surface area contributed by atoms with E-state index in [4.69, 9.17) is 0 Å². The SMILES string of the molecule is Cc1ccc(F)c(NC(=O)N2CCC(C)CC2)c1. The number of hydrogen-bond donors (Lipinski definition) is 1. The highest BCUT2D eigenvalue weighted by molar-refractivity contribution is 5.89. The molecule has 98 valence electrons. The molecule has 0 aliphatic carbocycles. The maximum Gasteiger partial charge on any atom is 0.321 e. The van der Waals surface area contributed by atoms with Gasteiger partial charge in [0.1, 0.15) is 5.82 Å². The minimum atomic E-state index is -0.390. The van der Waals surface area contributed by atoms with Crippen LogP contribution in [0, 0.1) is 18.7 Å². The molecule has 0 aromatic heterocycles. The van der Waals surface area contributed by atoms with Gasteiger partial charge in [-0.15, -0.1) is 0 Å². The number of amides is 2. The highest BCUT2D eigenvalue weighted by atomic mass is 19.1. The van der Waals surface area contributed by atoms with E-state index in [1.807, 2.05) is 6.92 Å². The number of nitrogens with zero attached hydrogens (tertiary/aromatic N) is 1. The number of aryl methyl sites for hydroxylation is 1. The molecule has 1 aromatic carbocycles. The summed E-state index contributed by atoms with van der Waals surface area (Å²) in [6, 6.07) is 4.52. The minimum Gasteiger partial charge on any atom is -0.325 e. The van der Waals surface area contributed by atoms with E-state index in [9.17, 15) is 9.18 Å². The first-order valence-electron chi connectivity index (χ1n) is 6.38. The summed E-state index contributed by atoms with van der Waals surface area (Å²) in [5.74, 6) is 0.282. The Morgan fingerprint density at radius 2 is 2.06 bits per heavy atom. The summed E-state index contributed by atoms with van der Waals surface area (Å²) in [4.78, 5) is 13.7. The fourth-order valence-corrected chi connectivity index (χ4v) is 2.14. The fraction of sp³-hybridized carbons (Fsp3) is 0.500. The van der Waals surface area contributed by atoms with Crippen molar-refractivity contribution in [2.24, 2.45) is 5.92 Å². The fourth-order valence-electron chi connectivity index (χ4n) is 2.14. The summed E-state index contributed by atoms with van der Waals surface area (Å²) >= 11 is 0. The molecule has 1 fully saturated rings. The van der Waals surface area contributed by atoms with Gasteiger partial charge in [-0.05, 0) is 43.4 Å². The van der Waals surface area contributed by atoms with Gasteiger partial charge >= 0.3 is 6.03 Å². The molecule has 1 aromatic rings. The molecule has 0 unspecified atom stereocenters. The number of anilines is 1. The predicted octanol–water partition coefficient (Wildman–Crippen LogP) is 3.40. The van der Waals surface area contributed by atoms with Crippen LogP contribution in [0.3, 0.4) is 0 Å². The van der Waals surface area contributed by atoms with Crippen LogP contribution >= 0.6 is 0 Å². The normalized spacial score (nSPS) is 16.7. The van der Waals surface area contributed by atoms with Gasteiger partial charge in [-0.3, -0.25) is 0 Å². The van der Waals surface area contributed by atoms with Gasteiger partial charge in [-0.1, -0.05) is 13.0 Å². The van der Waals surface area contributed by atoms with Crippen LogP contribution in [0.5, 0.6) is 0 Å². The maximum atomic E-state index is 13.5. The number of carbonyl (C=O) groups excluding carboxylic acids is 1. The Bertz CT molecular complexity index is 439. The van der Waals surface area contributed by atoms with Gasteiger partial charge in [-0.2, -0.15) is 0 Å². The van der Waals surface area contributed by atoms with Crippen LogP contribution < -0.4 is 5.32 Å². The molecule has 2 rings (SSSR count). The third-order valence-corrected chi connectivity index (χ3v) is 3.43.